The highest BCUT2D eigenvalue weighted by Gasteiger charge is 2.19. The fourth-order valence-electron chi connectivity index (χ4n) is 2.98. The van der Waals surface area contributed by atoms with E-state index in [9.17, 15) is 18.4 Å². The lowest BCUT2D eigenvalue weighted by atomic mass is 10.0. The number of nitrogens with zero attached hydrogens (tertiary/aromatic N) is 1. The number of aromatic amines is 1. The van der Waals surface area contributed by atoms with Gasteiger partial charge >= 0.3 is 0 Å². The van der Waals surface area contributed by atoms with Gasteiger partial charge in [-0.1, -0.05) is 12.1 Å². The van der Waals surface area contributed by atoms with Gasteiger partial charge in [-0.05, 0) is 52.7 Å². The van der Waals surface area contributed by atoms with Crippen molar-refractivity contribution >= 4 is 21.8 Å². The Bertz CT molecular complexity index is 1160. The molecule has 30 heavy (non-hydrogen) atoms. The minimum atomic E-state index is -0.735. The highest BCUT2D eigenvalue weighted by molar-refractivity contribution is 9.10. The standard InChI is InChI=1S/C22H19BrF2N2O3/c1-12-18(13-4-6-14(7-5-13)22(29)27(2)3)20(19(23)21(28)26-12)30-11-15-8-9-16(24)10-17(15)25/h4-10H,11H2,1-3H3,(H,26,28). The summed E-state index contributed by atoms with van der Waals surface area (Å²) in [5, 5.41) is 0. The number of ether oxygens (including phenoxy) is 1. The van der Waals surface area contributed by atoms with Crippen molar-refractivity contribution in [3.63, 3.8) is 0 Å². The molecule has 8 heteroatoms. The van der Waals surface area contributed by atoms with E-state index in [1.54, 1.807) is 45.3 Å². The normalized spacial score (nSPS) is 10.7. The number of hydrogen-bond donors (Lipinski definition) is 1. The van der Waals surface area contributed by atoms with E-state index < -0.39 is 17.2 Å². The maximum atomic E-state index is 14.0. The summed E-state index contributed by atoms with van der Waals surface area (Å²) in [4.78, 5) is 28.6. The number of carbonyl (C=O) groups is 1. The number of hydrogen-bond acceptors (Lipinski definition) is 3. The SMILES string of the molecule is Cc1[nH]c(=O)c(Br)c(OCc2ccc(F)cc2F)c1-c1ccc(C(=O)N(C)C)cc1. The zero-order valence-corrected chi connectivity index (χ0v) is 18.1. The van der Waals surface area contributed by atoms with Gasteiger partial charge in [-0.2, -0.15) is 0 Å². The first kappa shape index (κ1) is 21.7. The van der Waals surface area contributed by atoms with Gasteiger partial charge in [0.05, 0.1) is 0 Å². The van der Waals surface area contributed by atoms with Crippen LogP contribution in [-0.2, 0) is 6.61 Å². The third-order valence-corrected chi connectivity index (χ3v) is 5.24. The molecule has 0 saturated heterocycles. The molecule has 0 atom stereocenters. The number of rotatable bonds is 5. The van der Waals surface area contributed by atoms with Crippen LogP contribution in [-0.4, -0.2) is 29.9 Å². The van der Waals surface area contributed by atoms with Crippen molar-refractivity contribution in [1.82, 2.24) is 9.88 Å². The van der Waals surface area contributed by atoms with Crippen molar-refractivity contribution in [3.8, 4) is 16.9 Å². The highest BCUT2D eigenvalue weighted by atomic mass is 79.9. The van der Waals surface area contributed by atoms with Gasteiger partial charge in [-0.15, -0.1) is 0 Å². The Labute approximate surface area is 180 Å². The summed E-state index contributed by atoms with van der Waals surface area (Å²) < 4.78 is 33.1. The molecule has 0 aliphatic rings. The number of halogens is 3. The molecule has 0 radical (unpaired) electrons. The fourth-order valence-corrected chi connectivity index (χ4v) is 3.39. The number of amides is 1. The van der Waals surface area contributed by atoms with Crippen molar-refractivity contribution in [2.75, 3.05) is 14.1 Å². The van der Waals surface area contributed by atoms with Gasteiger partial charge in [0.2, 0.25) is 0 Å². The summed E-state index contributed by atoms with van der Waals surface area (Å²) in [7, 11) is 3.33. The van der Waals surface area contributed by atoms with Crippen LogP contribution in [0, 0.1) is 18.6 Å². The lowest BCUT2D eigenvalue weighted by molar-refractivity contribution is 0.0827. The second-order valence-corrected chi connectivity index (χ2v) is 7.69. The lowest BCUT2D eigenvalue weighted by Gasteiger charge is -2.16. The molecule has 5 nitrogen and oxygen atoms in total. The lowest BCUT2D eigenvalue weighted by Crippen LogP contribution is -2.21. The van der Waals surface area contributed by atoms with Gasteiger partial charge in [0.1, 0.15) is 28.5 Å². The molecule has 0 fully saturated rings. The number of carbonyl (C=O) groups excluding carboxylic acids is 1. The third kappa shape index (κ3) is 4.43. The molecular weight excluding hydrogens is 458 g/mol. The number of nitrogens with one attached hydrogen (secondary N) is 1. The minimum absolute atomic E-state index is 0.135. The quantitative estimate of drug-likeness (QED) is 0.581. The molecule has 0 aliphatic carbocycles. The first-order chi connectivity index (χ1) is 14.2. The summed E-state index contributed by atoms with van der Waals surface area (Å²) in [6.45, 7) is 1.52. The Hall–Kier alpha value is -3.00. The molecule has 1 amide bonds. The van der Waals surface area contributed by atoms with Gasteiger partial charge < -0.3 is 14.6 Å². The molecule has 1 heterocycles. The topological polar surface area (TPSA) is 62.4 Å². The fraction of sp³-hybridized carbons (Fsp3) is 0.182. The zero-order valence-electron chi connectivity index (χ0n) is 16.6. The smallest absolute Gasteiger partial charge is 0.266 e. The van der Waals surface area contributed by atoms with Crippen LogP contribution in [0.4, 0.5) is 8.78 Å². The van der Waals surface area contributed by atoms with Crippen LogP contribution in [0.25, 0.3) is 11.1 Å². The summed E-state index contributed by atoms with van der Waals surface area (Å²) in [5.41, 5.74) is 2.11. The molecular formula is C22H19BrF2N2O3. The van der Waals surface area contributed by atoms with E-state index >= 15 is 0 Å². The third-order valence-electron chi connectivity index (χ3n) is 4.52. The van der Waals surface area contributed by atoms with Gasteiger partial charge in [0.25, 0.3) is 11.5 Å². The van der Waals surface area contributed by atoms with Crippen LogP contribution in [0.2, 0.25) is 0 Å². The molecule has 2 aromatic carbocycles. The average molecular weight is 477 g/mol. The molecule has 156 valence electrons. The van der Waals surface area contributed by atoms with Gasteiger partial charge in [0.15, 0.2) is 0 Å². The molecule has 0 unspecified atom stereocenters. The van der Waals surface area contributed by atoms with Crippen LogP contribution in [0.1, 0.15) is 21.6 Å². The number of H-pyrrole nitrogens is 1. The highest BCUT2D eigenvalue weighted by Crippen LogP contribution is 2.37. The predicted molar refractivity (Wildman–Crippen MR) is 114 cm³/mol. The van der Waals surface area contributed by atoms with E-state index in [0.717, 1.165) is 12.1 Å². The van der Waals surface area contributed by atoms with Gasteiger partial charge in [-0.3, -0.25) is 9.59 Å². The molecule has 3 aromatic rings. The van der Waals surface area contributed by atoms with Gasteiger partial charge in [0, 0.05) is 42.5 Å². The van der Waals surface area contributed by atoms with E-state index in [1.807, 2.05) is 0 Å². The number of pyridine rings is 1. The summed E-state index contributed by atoms with van der Waals surface area (Å²) in [5.74, 6) is -1.32. The maximum Gasteiger partial charge on any atom is 0.266 e. The van der Waals surface area contributed by atoms with Crippen LogP contribution in [0.3, 0.4) is 0 Å². The molecule has 0 saturated carbocycles. The van der Waals surface area contributed by atoms with Crippen molar-refractivity contribution in [2.24, 2.45) is 0 Å². The Morgan fingerprint density at radius 1 is 1.13 bits per heavy atom. The minimum Gasteiger partial charge on any atom is -0.487 e. The summed E-state index contributed by atoms with van der Waals surface area (Å²) in [6, 6.07) is 10.1. The van der Waals surface area contributed by atoms with E-state index in [0.29, 0.717) is 22.4 Å². The monoisotopic (exact) mass is 476 g/mol. The summed E-state index contributed by atoms with van der Waals surface area (Å²) in [6.07, 6.45) is 0. The molecule has 0 bridgehead atoms. The largest absolute Gasteiger partial charge is 0.487 e. The average Bonchev–Trinajstić information content (AvgIpc) is 2.70. The molecule has 1 aromatic heterocycles. The van der Waals surface area contributed by atoms with E-state index in [1.165, 1.54) is 11.0 Å². The van der Waals surface area contributed by atoms with Crippen molar-refractivity contribution in [3.05, 3.63) is 85.7 Å². The van der Waals surface area contributed by atoms with Crippen molar-refractivity contribution in [2.45, 2.75) is 13.5 Å². The first-order valence-electron chi connectivity index (χ1n) is 9.00. The molecule has 0 spiro atoms. The second kappa shape index (κ2) is 8.79. The van der Waals surface area contributed by atoms with Crippen LogP contribution in [0.15, 0.2) is 51.7 Å². The van der Waals surface area contributed by atoms with Crippen molar-refractivity contribution in [1.29, 1.82) is 0 Å². The predicted octanol–water partition coefficient (Wildman–Crippen LogP) is 4.67. The molecule has 1 N–H and O–H groups in total. The van der Waals surface area contributed by atoms with Crippen LogP contribution < -0.4 is 10.3 Å². The number of benzene rings is 2. The van der Waals surface area contributed by atoms with E-state index in [4.69, 9.17) is 4.74 Å². The maximum absolute atomic E-state index is 14.0. The Morgan fingerprint density at radius 2 is 1.80 bits per heavy atom. The summed E-state index contributed by atoms with van der Waals surface area (Å²) >= 11 is 3.24. The molecule has 3 rings (SSSR count). The van der Waals surface area contributed by atoms with Crippen LogP contribution >= 0.6 is 15.9 Å². The van der Waals surface area contributed by atoms with Crippen LogP contribution in [0.5, 0.6) is 5.75 Å². The number of aromatic nitrogens is 1. The zero-order chi connectivity index (χ0) is 22.0. The Morgan fingerprint density at radius 3 is 2.40 bits per heavy atom. The second-order valence-electron chi connectivity index (χ2n) is 6.90. The number of aryl methyl sites for hydroxylation is 1. The van der Waals surface area contributed by atoms with E-state index in [2.05, 4.69) is 20.9 Å². The van der Waals surface area contributed by atoms with Gasteiger partial charge in [-0.25, -0.2) is 8.78 Å². The van der Waals surface area contributed by atoms with Crippen molar-refractivity contribution < 1.29 is 18.3 Å². The van der Waals surface area contributed by atoms with E-state index in [-0.39, 0.29) is 28.3 Å². The Balaban J connectivity index is 2.01. The Kier molecular flexibility index (Phi) is 6.36. The molecule has 0 aliphatic heterocycles. The first-order valence-corrected chi connectivity index (χ1v) is 9.79.